The first kappa shape index (κ1) is 15.4. The van der Waals surface area contributed by atoms with Gasteiger partial charge >= 0.3 is 0 Å². The summed E-state index contributed by atoms with van der Waals surface area (Å²) in [4.78, 5) is 13.4. The largest absolute Gasteiger partial charge is 0.455 e. The number of carbonyl (C=O) groups is 1. The van der Waals surface area contributed by atoms with Crippen molar-refractivity contribution in [1.29, 1.82) is 0 Å². The van der Waals surface area contributed by atoms with Crippen LogP contribution in [-0.4, -0.2) is 24.9 Å². The van der Waals surface area contributed by atoms with Gasteiger partial charge in [-0.05, 0) is 48.9 Å². The van der Waals surface area contributed by atoms with E-state index in [1.165, 1.54) is 4.90 Å². The number of amides is 1. The molecule has 0 saturated heterocycles. The first-order valence-electron chi connectivity index (χ1n) is 6.43. The van der Waals surface area contributed by atoms with Gasteiger partial charge in [-0.25, -0.2) is 0 Å². The number of nitrogens with zero attached hydrogens (tertiary/aromatic N) is 1. The predicted molar refractivity (Wildman–Crippen MR) is 87.8 cm³/mol. The second-order valence-corrected chi connectivity index (χ2v) is 5.88. The van der Waals surface area contributed by atoms with Crippen molar-refractivity contribution in [3.63, 3.8) is 0 Å². The Balaban J connectivity index is 2.27. The highest BCUT2D eigenvalue weighted by molar-refractivity contribution is 9.10. The van der Waals surface area contributed by atoms with Crippen molar-refractivity contribution in [3.8, 4) is 11.5 Å². The van der Waals surface area contributed by atoms with Gasteiger partial charge in [-0.3, -0.25) is 4.79 Å². The molecule has 0 fully saturated rings. The van der Waals surface area contributed by atoms with Gasteiger partial charge in [-0.1, -0.05) is 15.9 Å². The number of rotatable bonds is 3. The first-order valence-corrected chi connectivity index (χ1v) is 7.23. The highest BCUT2D eigenvalue weighted by Crippen LogP contribution is 2.31. The summed E-state index contributed by atoms with van der Waals surface area (Å²) in [7, 11) is 3.41. The molecule has 0 aliphatic rings. The van der Waals surface area contributed by atoms with Gasteiger partial charge in [-0.2, -0.15) is 0 Å². The number of hydrogen-bond acceptors (Lipinski definition) is 3. The zero-order valence-electron chi connectivity index (χ0n) is 12.2. The van der Waals surface area contributed by atoms with Crippen LogP contribution in [-0.2, 0) is 0 Å². The number of anilines is 1. The first-order chi connectivity index (χ1) is 9.88. The zero-order valence-corrected chi connectivity index (χ0v) is 13.8. The third kappa shape index (κ3) is 3.55. The van der Waals surface area contributed by atoms with Gasteiger partial charge in [-0.15, -0.1) is 0 Å². The molecule has 0 aliphatic heterocycles. The van der Waals surface area contributed by atoms with E-state index in [4.69, 9.17) is 10.5 Å². The lowest BCUT2D eigenvalue weighted by molar-refractivity contribution is 0.0827. The van der Waals surface area contributed by atoms with Crippen LogP contribution in [0.1, 0.15) is 15.9 Å². The number of ether oxygens (including phenoxy) is 1. The molecule has 0 aliphatic carbocycles. The van der Waals surface area contributed by atoms with Crippen molar-refractivity contribution in [2.24, 2.45) is 0 Å². The van der Waals surface area contributed by atoms with Crippen LogP contribution in [0.4, 0.5) is 5.69 Å². The molecular formula is C16H17BrN2O2. The van der Waals surface area contributed by atoms with Crippen LogP contribution in [0.15, 0.2) is 40.9 Å². The summed E-state index contributed by atoms with van der Waals surface area (Å²) in [5, 5.41) is 0. The van der Waals surface area contributed by atoms with E-state index >= 15 is 0 Å². The van der Waals surface area contributed by atoms with Gasteiger partial charge in [0.05, 0.1) is 5.69 Å². The summed E-state index contributed by atoms with van der Waals surface area (Å²) in [6.45, 7) is 1.96. The minimum atomic E-state index is -0.0897. The summed E-state index contributed by atoms with van der Waals surface area (Å²) in [6.07, 6.45) is 0. The van der Waals surface area contributed by atoms with Gasteiger partial charge < -0.3 is 15.4 Å². The molecule has 21 heavy (non-hydrogen) atoms. The molecule has 2 aromatic carbocycles. The molecule has 0 radical (unpaired) electrons. The molecule has 2 aromatic rings. The quantitative estimate of drug-likeness (QED) is 0.857. The molecule has 0 bridgehead atoms. The van der Waals surface area contributed by atoms with E-state index in [2.05, 4.69) is 15.9 Å². The van der Waals surface area contributed by atoms with Crippen LogP contribution in [0, 0.1) is 6.92 Å². The molecule has 0 aromatic heterocycles. The SMILES string of the molecule is Cc1cc(Br)ccc1Oc1ccc(C(=O)N(C)C)cc1N. The Morgan fingerprint density at radius 2 is 1.81 bits per heavy atom. The average Bonchev–Trinajstić information content (AvgIpc) is 2.42. The van der Waals surface area contributed by atoms with Crippen molar-refractivity contribution >= 4 is 27.5 Å². The third-order valence-electron chi connectivity index (χ3n) is 3.02. The molecule has 0 spiro atoms. The predicted octanol–water partition coefficient (Wildman–Crippen LogP) is 3.83. The normalized spacial score (nSPS) is 10.3. The Labute approximate surface area is 132 Å². The van der Waals surface area contributed by atoms with E-state index in [1.807, 2.05) is 25.1 Å². The van der Waals surface area contributed by atoms with E-state index in [0.717, 1.165) is 15.8 Å². The topological polar surface area (TPSA) is 55.6 Å². The maximum Gasteiger partial charge on any atom is 0.253 e. The number of hydrogen-bond donors (Lipinski definition) is 1. The fraction of sp³-hybridized carbons (Fsp3) is 0.188. The van der Waals surface area contributed by atoms with E-state index < -0.39 is 0 Å². The van der Waals surface area contributed by atoms with E-state index in [0.29, 0.717) is 17.0 Å². The van der Waals surface area contributed by atoms with Crippen LogP contribution < -0.4 is 10.5 Å². The number of carbonyl (C=O) groups excluding carboxylic acids is 1. The minimum absolute atomic E-state index is 0.0897. The van der Waals surface area contributed by atoms with Crippen LogP contribution >= 0.6 is 15.9 Å². The Hall–Kier alpha value is -2.01. The maximum absolute atomic E-state index is 11.9. The van der Waals surface area contributed by atoms with Crippen molar-refractivity contribution in [2.45, 2.75) is 6.92 Å². The lowest BCUT2D eigenvalue weighted by atomic mass is 10.1. The van der Waals surface area contributed by atoms with E-state index in [9.17, 15) is 4.79 Å². The number of nitrogens with two attached hydrogens (primary N) is 1. The van der Waals surface area contributed by atoms with Gasteiger partial charge in [0.25, 0.3) is 5.91 Å². The summed E-state index contributed by atoms with van der Waals surface area (Å²) < 4.78 is 6.81. The maximum atomic E-state index is 11.9. The molecule has 4 nitrogen and oxygen atoms in total. The lowest BCUT2D eigenvalue weighted by Gasteiger charge is -2.14. The standard InChI is InChI=1S/C16H17BrN2O2/c1-10-8-12(17)5-7-14(10)21-15-6-4-11(9-13(15)18)16(20)19(2)3/h4-9H,18H2,1-3H3. The molecule has 0 heterocycles. The van der Waals surface area contributed by atoms with Gasteiger partial charge in [0.1, 0.15) is 11.5 Å². The number of halogens is 1. The van der Waals surface area contributed by atoms with Crippen molar-refractivity contribution in [3.05, 3.63) is 52.0 Å². The molecule has 0 unspecified atom stereocenters. The Morgan fingerprint density at radius 1 is 1.14 bits per heavy atom. The second kappa shape index (κ2) is 6.18. The van der Waals surface area contributed by atoms with E-state index in [-0.39, 0.29) is 5.91 Å². The monoisotopic (exact) mass is 348 g/mol. The van der Waals surface area contributed by atoms with Crippen LogP contribution in [0.3, 0.4) is 0 Å². The zero-order chi connectivity index (χ0) is 15.6. The highest BCUT2D eigenvalue weighted by atomic mass is 79.9. The number of aryl methyl sites for hydroxylation is 1. The molecule has 0 saturated carbocycles. The lowest BCUT2D eigenvalue weighted by Crippen LogP contribution is -2.21. The molecule has 2 rings (SSSR count). The summed E-state index contributed by atoms with van der Waals surface area (Å²) in [5.41, 5.74) is 7.95. The smallest absolute Gasteiger partial charge is 0.253 e. The number of benzene rings is 2. The molecular weight excluding hydrogens is 332 g/mol. The summed E-state index contributed by atoms with van der Waals surface area (Å²) in [5.74, 6) is 1.18. The average molecular weight is 349 g/mol. The summed E-state index contributed by atoms with van der Waals surface area (Å²) in [6, 6.07) is 10.8. The second-order valence-electron chi connectivity index (χ2n) is 4.96. The van der Waals surface area contributed by atoms with Crippen LogP contribution in [0.5, 0.6) is 11.5 Å². The van der Waals surface area contributed by atoms with Gasteiger partial charge in [0, 0.05) is 24.1 Å². The molecule has 1 amide bonds. The molecule has 5 heteroatoms. The molecule has 2 N–H and O–H groups in total. The third-order valence-corrected chi connectivity index (χ3v) is 3.51. The van der Waals surface area contributed by atoms with Crippen molar-refractivity contribution in [1.82, 2.24) is 4.90 Å². The van der Waals surface area contributed by atoms with Gasteiger partial charge in [0.2, 0.25) is 0 Å². The highest BCUT2D eigenvalue weighted by Gasteiger charge is 2.11. The Morgan fingerprint density at radius 3 is 2.38 bits per heavy atom. The fourth-order valence-corrected chi connectivity index (χ4v) is 2.35. The van der Waals surface area contributed by atoms with Gasteiger partial charge in [0.15, 0.2) is 0 Å². The molecule has 0 atom stereocenters. The summed E-state index contributed by atoms with van der Waals surface area (Å²) >= 11 is 3.41. The van der Waals surface area contributed by atoms with Crippen LogP contribution in [0.2, 0.25) is 0 Å². The molecule has 110 valence electrons. The minimum Gasteiger partial charge on any atom is -0.455 e. The Kier molecular flexibility index (Phi) is 4.53. The van der Waals surface area contributed by atoms with E-state index in [1.54, 1.807) is 32.3 Å². The van der Waals surface area contributed by atoms with Crippen LogP contribution in [0.25, 0.3) is 0 Å². The Bertz CT molecular complexity index is 684. The fourth-order valence-electron chi connectivity index (χ4n) is 1.88. The van der Waals surface area contributed by atoms with Crippen molar-refractivity contribution < 1.29 is 9.53 Å². The number of nitrogen functional groups attached to an aromatic ring is 1. The van der Waals surface area contributed by atoms with Crippen molar-refractivity contribution in [2.75, 3.05) is 19.8 Å².